The molecule has 5 nitrogen and oxygen atoms in total. The Kier molecular flexibility index (Phi) is 7.90. The zero-order valence-corrected chi connectivity index (χ0v) is 16.8. The van der Waals surface area contributed by atoms with Crippen molar-refractivity contribution in [3.05, 3.63) is 54.1 Å². The molecule has 2 N–H and O–H groups in total. The van der Waals surface area contributed by atoms with Gasteiger partial charge in [-0.2, -0.15) is 11.8 Å². The van der Waals surface area contributed by atoms with Crippen LogP contribution in [0, 0.1) is 0 Å². The molecular formula is C17H24IN5S. The number of guanidine groups is 1. The van der Waals surface area contributed by atoms with Crippen LogP contribution in [0.4, 0.5) is 0 Å². The number of aliphatic imine (C=N–C) groups is 1. The van der Waals surface area contributed by atoms with Gasteiger partial charge in [-0.25, -0.2) is 4.98 Å². The van der Waals surface area contributed by atoms with Gasteiger partial charge in [0.1, 0.15) is 5.82 Å². The van der Waals surface area contributed by atoms with Crippen LogP contribution >= 0.6 is 35.7 Å². The van der Waals surface area contributed by atoms with Crippen LogP contribution in [-0.4, -0.2) is 51.6 Å². The van der Waals surface area contributed by atoms with Crippen molar-refractivity contribution in [2.75, 3.05) is 31.1 Å². The van der Waals surface area contributed by atoms with E-state index in [0.717, 1.165) is 43.4 Å². The molecule has 1 saturated heterocycles. The van der Waals surface area contributed by atoms with Gasteiger partial charge in [0.15, 0.2) is 5.96 Å². The van der Waals surface area contributed by atoms with Crippen molar-refractivity contribution < 1.29 is 0 Å². The van der Waals surface area contributed by atoms with Crippen molar-refractivity contribution in [2.24, 2.45) is 10.7 Å². The van der Waals surface area contributed by atoms with E-state index in [1.165, 1.54) is 5.56 Å². The lowest BCUT2D eigenvalue weighted by Gasteiger charge is -2.27. The number of aromatic nitrogens is 2. The first-order valence-corrected chi connectivity index (χ1v) is 9.15. The Bertz CT molecular complexity index is 637. The molecule has 1 aromatic heterocycles. The number of hydrogen-bond donors (Lipinski definition) is 1. The number of halogens is 1. The van der Waals surface area contributed by atoms with E-state index in [1.807, 2.05) is 30.2 Å². The first-order chi connectivity index (χ1) is 11.3. The van der Waals surface area contributed by atoms with E-state index in [0.29, 0.717) is 12.5 Å². The van der Waals surface area contributed by atoms with Crippen LogP contribution in [-0.2, 0) is 13.0 Å². The first kappa shape index (κ1) is 19.1. The first-order valence-electron chi connectivity index (χ1n) is 7.99. The van der Waals surface area contributed by atoms with Gasteiger partial charge < -0.3 is 15.2 Å². The summed E-state index contributed by atoms with van der Waals surface area (Å²) in [5.74, 6) is 4.00. The molecule has 3 rings (SSSR count). The maximum Gasteiger partial charge on any atom is 0.191 e. The molecule has 0 spiro atoms. The van der Waals surface area contributed by atoms with Crippen molar-refractivity contribution in [3.8, 4) is 0 Å². The van der Waals surface area contributed by atoms with E-state index in [9.17, 15) is 0 Å². The van der Waals surface area contributed by atoms with Gasteiger partial charge in [0.2, 0.25) is 0 Å². The lowest BCUT2D eigenvalue weighted by atomic mass is 10.2. The third-order valence-corrected chi connectivity index (χ3v) is 4.88. The molecule has 2 aromatic rings. The van der Waals surface area contributed by atoms with Gasteiger partial charge in [0, 0.05) is 56.5 Å². The Morgan fingerprint density at radius 2 is 1.96 bits per heavy atom. The number of imidazole rings is 1. The summed E-state index contributed by atoms with van der Waals surface area (Å²) < 4.78 is 2.18. The third kappa shape index (κ3) is 5.41. The Morgan fingerprint density at radius 3 is 2.71 bits per heavy atom. The monoisotopic (exact) mass is 457 g/mol. The number of thioether (sulfide) groups is 1. The van der Waals surface area contributed by atoms with E-state index in [1.54, 1.807) is 0 Å². The summed E-state index contributed by atoms with van der Waals surface area (Å²) in [6.45, 7) is 3.53. The SMILES string of the molecule is I.NC(=NCCc1nccn1Cc1ccccc1)N1CCSCC1. The van der Waals surface area contributed by atoms with Crippen LogP contribution in [0.3, 0.4) is 0 Å². The third-order valence-electron chi connectivity index (χ3n) is 3.94. The highest BCUT2D eigenvalue weighted by Crippen LogP contribution is 2.09. The molecule has 24 heavy (non-hydrogen) atoms. The Labute approximate surface area is 164 Å². The molecule has 1 fully saturated rings. The van der Waals surface area contributed by atoms with Crippen LogP contribution in [0.5, 0.6) is 0 Å². The van der Waals surface area contributed by atoms with Gasteiger partial charge in [0.25, 0.3) is 0 Å². The Morgan fingerprint density at radius 1 is 1.21 bits per heavy atom. The predicted molar refractivity (Wildman–Crippen MR) is 112 cm³/mol. The summed E-state index contributed by atoms with van der Waals surface area (Å²) in [5, 5.41) is 0. The summed E-state index contributed by atoms with van der Waals surface area (Å²) in [6.07, 6.45) is 4.69. The average Bonchev–Trinajstić information content (AvgIpc) is 3.03. The fraction of sp³-hybridized carbons (Fsp3) is 0.412. The molecule has 0 unspecified atom stereocenters. The molecule has 2 heterocycles. The lowest BCUT2D eigenvalue weighted by Crippen LogP contribution is -2.42. The number of nitrogens with two attached hydrogens (primary N) is 1. The molecule has 130 valence electrons. The minimum Gasteiger partial charge on any atom is -0.370 e. The predicted octanol–water partition coefficient (Wildman–Crippen LogP) is 2.46. The second kappa shape index (κ2) is 9.93. The van der Waals surface area contributed by atoms with Crippen molar-refractivity contribution >= 4 is 41.7 Å². The molecule has 1 aliphatic heterocycles. The second-order valence-electron chi connectivity index (χ2n) is 5.55. The molecule has 0 atom stereocenters. The van der Waals surface area contributed by atoms with E-state index in [2.05, 4.69) is 43.7 Å². The van der Waals surface area contributed by atoms with Crippen LogP contribution in [0.15, 0.2) is 47.7 Å². The summed E-state index contributed by atoms with van der Waals surface area (Å²) >= 11 is 1.98. The topological polar surface area (TPSA) is 59.4 Å². The molecule has 1 aromatic carbocycles. The zero-order chi connectivity index (χ0) is 15.9. The molecule has 0 saturated carbocycles. The highest BCUT2D eigenvalue weighted by Gasteiger charge is 2.12. The lowest BCUT2D eigenvalue weighted by molar-refractivity contribution is 0.455. The molecule has 0 amide bonds. The number of hydrogen-bond acceptors (Lipinski definition) is 3. The normalized spacial score (nSPS) is 15.2. The summed E-state index contributed by atoms with van der Waals surface area (Å²) in [4.78, 5) is 11.2. The molecule has 1 aliphatic rings. The van der Waals surface area contributed by atoms with Gasteiger partial charge in [-0.15, -0.1) is 24.0 Å². The molecule has 0 bridgehead atoms. The fourth-order valence-corrected chi connectivity index (χ4v) is 3.56. The molecule has 7 heteroatoms. The minimum absolute atomic E-state index is 0. The number of rotatable bonds is 5. The van der Waals surface area contributed by atoms with Gasteiger partial charge in [-0.1, -0.05) is 30.3 Å². The van der Waals surface area contributed by atoms with Gasteiger partial charge in [0.05, 0.1) is 0 Å². The van der Waals surface area contributed by atoms with Crippen molar-refractivity contribution in [3.63, 3.8) is 0 Å². The van der Waals surface area contributed by atoms with Crippen LogP contribution in [0.2, 0.25) is 0 Å². The molecule has 0 aliphatic carbocycles. The quantitative estimate of drug-likeness (QED) is 0.426. The van der Waals surface area contributed by atoms with Crippen molar-refractivity contribution in [1.29, 1.82) is 0 Å². The average molecular weight is 457 g/mol. The van der Waals surface area contributed by atoms with Crippen LogP contribution in [0.25, 0.3) is 0 Å². The summed E-state index contributed by atoms with van der Waals surface area (Å²) in [5.41, 5.74) is 7.37. The Hall–Kier alpha value is -1.22. The van der Waals surface area contributed by atoms with Crippen molar-refractivity contribution in [2.45, 2.75) is 13.0 Å². The van der Waals surface area contributed by atoms with Gasteiger partial charge >= 0.3 is 0 Å². The smallest absolute Gasteiger partial charge is 0.191 e. The fourth-order valence-electron chi connectivity index (χ4n) is 2.66. The summed E-state index contributed by atoms with van der Waals surface area (Å²) in [7, 11) is 0. The van der Waals surface area contributed by atoms with E-state index < -0.39 is 0 Å². The molecule has 0 radical (unpaired) electrons. The number of nitrogens with zero attached hydrogens (tertiary/aromatic N) is 4. The highest BCUT2D eigenvalue weighted by molar-refractivity contribution is 14.0. The minimum atomic E-state index is 0. The molecular weight excluding hydrogens is 433 g/mol. The van der Waals surface area contributed by atoms with Crippen LogP contribution < -0.4 is 5.73 Å². The van der Waals surface area contributed by atoms with Crippen molar-refractivity contribution in [1.82, 2.24) is 14.5 Å². The maximum atomic E-state index is 6.09. The Balaban J connectivity index is 0.00000208. The zero-order valence-electron chi connectivity index (χ0n) is 13.7. The van der Waals surface area contributed by atoms with E-state index in [4.69, 9.17) is 5.73 Å². The summed E-state index contributed by atoms with van der Waals surface area (Å²) in [6, 6.07) is 10.4. The second-order valence-corrected chi connectivity index (χ2v) is 6.77. The maximum absolute atomic E-state index is 6.09. The van der Waals surface area contributed by atoms with E-state index in [-0.39, 0.29) is 24.0 Å². The highest BCUT2D eigenvalue weighted by atomic mass is 127. The number of benzene rings is 1. The van der Waals surface area contributed by atoms with E-state index >= 15 is 0 Å². The van der Waals surface area contributed by atoms with Crippen LogP contribution in [0.1, 0.15) is 11.4 Å². The van der Waals surface area contributed by atoms with Gasteiger partial charge in [-0.05, 0) is 5.56 Å². The largest absolute Gasteiger partial charge is 0.370 e. The van der Waals surface area contributed by atoms with Gasteiger partial charge in [-0.3, -0.25) is 4.99 Å². The standard InChI is InChI=1S/C17H23N5S.HI/c18-17(21-10-12-23-13-11-21)20-7-6-16-19-8-9-22(16)14-15-4-2-1-3-5-15;/h1-5,8-9H,6-7,10-14H2,(H2,18,20);1H.